The van der Waals surface area contributed by atoms with Crippen LogP contribution in [0.4, 0.5) is 13.2 Å². The number of nitrogens with zero attached hydrogens (tertiary/aromatic N) is 1. The summed E-state index contributed by atoms with van der Waals surface area (Å²) < 4.78 is 38.7. The second-order valence-corrected chi connectivity index (χ2v) is 3.20. The summed E-state index contributed by atoms with van der Waals surface area (Å²) in [7, 11) is 1.72. The molecule has 0 amide bonds. The Kier molecular flexibility index (Phi) is 3.62. The average molecular weight is 229 g/mol. The Hall–Kier alpha value is -1.45. The van der Waals surface area contributed by atoms with E-state index in [4.69, 9.17) is 0 Å². The topological polar surface area (TPSA) is 4.93 Å². The molecule has 0 aliphatic carbocycles. The lowest BCUT2D eigenvalue weighted by molar-refractivity contribution is -0.137. The van der Waals surface area contributed by atoms with E-state index in [-0.39, 0.29) is 0 Å². The van der Waals surface area contributed by atoms with E-state index in [0.29, 0.717) is 5.52 Å². The van der Waals surface area contributed by atoms with Gasteiger partial charge >= 0.3 is 6.18 Å². The number of halogens is 3. The highest BCUT2D eigenvalue weighted by Gasteiger charge is 2.30. The Morgan fingerprint density at radius 1 is 1.06 bits per heavy atom. The molecule has 1 heterocycles. The van der Waals surface area contributed by atoms with Crippen LogP contribution in [0.25, 0.3) is 10.9 Å². The maximum atomic E-state index is 12.3. The van der Waals surface area contributed by atoms with Gasteiger partial charge in [-0.1, -0.05) is 19.9 Å². The van der Waals surface area contributed by atoms with Crippen LogP contribution in [-0.2, 0) is 13.2 Å². The Labute approximate surface area is 92.5 Å². The molecule has 0 aliphatic heterocycles. The van der Waals surface area contributed by atoms with Crippen LogP contribution in [0.2, 0.25) is 0 Å². The molecule has 0 spiro atoms. The first-order valence-electron chi connectivity index (χ1n) is 5.11. The Morgan fingerprint density at radius 3 is 2.25 bits per heavy atom. The molecule has 0 bridgehead atoms. The van der Waals surface area contributed by atoms with Crippen LogP contribution < -0.4 is 0 Å². The van der Waals surface area contributed by atoms with Crippen LogP contribution in [0.15, 0.2) is 30.5 Å². The molecule has 1 nitrogen and oxygen atoms in total. The van der Waals surface area contributed by atoms with Crippen molar-refractivity contribution in [2.24, 2.45) is 7.05 Å². The molecule has 0 atom stereocenters. The van der Waals surface area contributed by atoms with Crippen molar-refractivity contribution in [2.75, 3.05) is 0 Å². The average Bonchev–Trinajstić information content (AvgIpc) is 2.62. The van der Waals surface area contributed by atoms with E-state index < -0.39 is 11.7 Å². The highest BCUT2D eigenvalue weighted by atomic mass is 19.4. The van der Waals surface area contributed by atoms with Crippen molar-refractivity contribution >= 4 is 10.9 Å². The zero-order valence-corrected chi connectivity index (χ0v) is 9.47. The third kappa shape index (κ3) is 2.38. The third-order valence-corrected chi connectivity index (χ3v) is 2.22. The fourth-order valence-corrected chi connectivity index (χ4v) is 1.44. The predicted octanol–water partition coefficient (Wildman–Crippen LogP) is 4.22. The first-order chi connectivity index (χ1) is 7.48. The van der Waals surface area contributed by atoms with Crippen LogP contribution >= 0.6 is 0 Å². The minimum atomic E-state index is -4.27. The summed E-state index contributed by atoms with van der Waals surface area (Å²) in [6.07, 6.45) is -2.52. The third-order valence-electron chi connectivity index (χ3n) is 2.22. The summed E-state index contributed by atoms with van der Waals surface area (Å²) in [6, 6.07) is 5.53. The molecule has 2 rings (SSSR count). The number of benzene rings is 1. The van der Waals surface area contributed by atoms with Gasteiger partial charge in [0.05, 0.1) is 5.56 Å². The van der Waals surface area contributed by atoms with Crippen molar-refractivity contribution in [1.29, 1.82) is 0 Å². The lowest BCUT2D eigenvalue weighted by Gasteiger charge is -2.06. The number of aromatic nitrogens is 1. The van der Waals surface area contributed by atoms with Crippen molar-refractivity contribution in [2.45, 2.75) is 20.0 Å². The predicted molar refractivity (Wildman–Crippen MR) is 59.3 cm³/mol. The smallest absolute Gasteiger partial charge is 0.351 e. The minimum absolute atomic E-state index is 0.597. The van der Waals surface area contributed by atoms with Crippen LogP contribution in [0.3, 0.4) is 0 Å². The van der Waals surface area contributed by atoms with E-state index in [1.54, 1.807) is 23.9 Å². The fraction of sp³-hybridized carbons (Fsp3) is 0.333. The monoisotopic (exact) mass is 229 g/mol. The lowest BCUT2D eigenvalue weighted by atomic mass is 10.1. The van der Waals surface area contributed by atoms with E-state index in [1.807, 2.05) is 13.8 Å². The highest BCUT2D eigenvalue weighted by molar-refractivity contribution is 5.80. The summed E-state index contributed by atoms with van der Waals surface area (Å²) >= 11 is 0. The minimum Gasteiger partial charge on any atom is -0.351 e. The van der Waals surface area contributed by atoms with Gasteiger partial charge in [-0.05, 0) is 23.6 Å². The maximum absolute atomic E-state index is 12.3. The van der Waals surface area contributed by atoms with Gasteiger partial charge in [-0.2, -0.15) is 13.2 Å². The molecule has 0 saturated heterocycles. The van der Waals surface area contributed by atoms with Gasteiger partial charge in [-0.3, -0.25) is 0 Å². The second-order valence-electron chi connectivity index (χ2n) is 3.20. The summed E-state index contributed by atoms with van der Waals surface area (Å²) in [5.74, 6) is 0. The molecule has 16 heavy (non-hydrogen) atoms. The molecule has 88 valence electrons. The van der Waals surface area contributed by atoms with Gasteiger partial charge in [-0.15, -0.1) is 0 Å². The summed E-state index contributed by atoms with van der Waals surface area (Å²) in [6.45, 7) is 4.00. The zero-order valence-electron chi connectivity index (χ0n) is 9.47. The van der Waals surface area contributed by atoms with Crippen molar-refractivity contribution in [3.8, 4) is 0 Å². The number of rotatable bonds is 0. The van der Waals surface area contributed by atoms with E-state index in [2.05, 4.69) is 0 Å². The van der Waals surface area contributed by atoms with Gasteiger partial charge in [0.25, 0.3) is 0 Å². The molecular weight excluding hydrogens is 215 g/mol. The molecule has 0 N–H and O–H groups in total. The zero-order chi connectivity index (χ0) is 12.3. The van der Waals surface area contributed by atoms with Crippen molar-refractivity contribution in [3.05, 3.63) is 36.0 Å². The summed E-state index contributed by atoms with van der Waals surface area (Å²) in [5.41, 5.74) is -0.00775. The molecule has 1 aromatic carbocycles. The number of hydrogen-bond acceptors (Lipinski definition) is 0. The first-order valence-corrected chi connectivity index (χ1v) is 5.11. The molecule has 0 saturated carbocycles. The molecule has 0 radical (unpaired) electrons. The first kappa shape index (κ1) is 12.6. The van der Waals surface area contributed by atoms with Gasteiger partial charge in [0.1, 0.15) is 0 Å². The number of aryl methyl sites for hydroxylation is 1. The van der Waals surface area contributed by atoms with Crippen molar-refractivity contribution < 1.29 is 13.2 Å². The van der Waals surface area contributed by atoms with Crippen LogP contribution in [0.1, 0.15) is 19.4 Å². The molecule has 0 unspecified atom stereocenters. The van der Waals surface area contributed by atoms with E-state index in [0.717, 1.165) is 17.5 Å². The van der Waals surface area contributed by atoms with E-state index in [9.17, 15) is 13.2 Å². The van der Waals surface area contributed by atoms with Gasteiger partial charge in [0, 0.05) is 18.8 Å². The van der Waals surface area contributed by atoms with E-state index >= 15 is 0 Å². The van der Waals surface area contributed by atoms with Gasteiger partial charge in [0.15, 0.2) is 0 Å². The molecule has 0 aliphatic rings. The number of hydrogen-bond donors (Lipinski definition) is 0. The van der Waals surface area contributed by atoms with Crippen LogP contribution in [0, 0.1) is 0 Å². The van der Waals surface area contributed by atoms with E-state index in [1.165, 1.54) is 6.07 Å². The van der Waals surface area contributed by atoms with Crippen LogP contribution in [-0.4, -0.2) is 4.57 Å². The largest absolute Gasteiger partial charge is 0.416 e. The second kappa shape index (κ2) is 4.60. The Bertz CT molecular complexity index is 469. The number of fused-ring (bicyclic) bond motifs is 1. The molecular formula is C12H14F3N. The van der Waals surface area contributed by atoms with Gasteiger partial charge < -0.3 is 4.57 Å². The molecule has 1 aromatic heterocycles. The maximum Gasteiger partial charge on any atom is 0.416 e. The van der Waals surface area contributed by atoms with Crippen LogP contribution in [0.5, 0.6) is 0 Å². The quantitative estimate of drug-likeness (QED) is 0.637. The molecule has 4 heteroatoms. The lowest BCUT2D eigenvalue weighted by Crippen LogP contribution is -2.04. The van der Waals surface area contributed by atoms with Gasteiger partial charge in [-0.25, -0.2) is 0 Å². The highest BCUT2D eigenvalue weighted by Crippen LogP contribution is 2.31. The Morgan fingerprint density at radius 2 is 1.69 bits per heavy atom. The molecule has 2 aromatic rings. The molecule has 0 fully saturated rings. The fourth-order valence-electron chi connectivity index (χ4n) is 1.44. The van der Waals surface area contributed by atoms with Crippen molar-refractivity contribution in [1.82, 2.24) is 4.57 Å². The summed E-state index contributed by atoms with van der Waals surface area (Å²) in [4.78, 5) is 0. The van der Waals surface area contributed by atoms with Gasteiger partial charge in [0.2, 0.25) is 0 Å². The SMILES string of the molecule is CC.Cn1ccc2ccc(C(F)(F)F)cc21. The summed E-state index contributed by atoms with van der Waals surface area (Å²) in [5, 5.41) is 0.820. The normalized spacial score (nSPS) is 11.1. The Balaban J connectivity index is 0.000000606. The number of alkyl halides is 3. The standard InChI is InChI=1S/C10H8F3N.C2H6/c1-14-5-4-7-2-3-8(6-9(7)14)10(11,12)13;1-2/h2-6H,1H3;1-2H3. The van der Waals surface area contributed by atoms with Crippen molar-refractivity contribution in [3.63, 3.8) is 0 Å².